The maximum absolute atomic E-state index is 4.70. The van der Waals surface area contributed by atoms with Crippen LogP contribution in [-0.2, 0) is 19.4 Å². The average Bonchev–Trinajstić information content (AvgIpc) is 3.36. The van der Waals surface area contributed by atoms with Crippen molar-refractivity contribution < 1.29 is 0 Å². The Morgan fingerprint density at radius 1 is 1.15 bits per heavy atom. The summed E-state index contributed by atoms with van der Waals surface area (Å²) in [6, 6.07) is 10.3. The molecule has 0 saturated heterocycles. The van der Waals surface area contributed by atoms with Crippen LogP contribution in [0.3, 0.4) is 0 Å². The Labute approximate surface area is 168 Å². The van der Waals surface area contributed by atoms with Crippen molar-refractivity contribution in [2.24, 2.45) is 4.99 Å². The van der Waals surface area contributed by atoms with Gasteiger partial charge in [-0.2, -0.15) is 0 Å². The molecule has 2 heterocycles. The average molecular weight is 400 g/mol. The molecule has 7 heteroatoms. The quantitative estimate of drug-likeness (QED) is 0.442. The Hall–Kier alpha value is -2.25. The molecule has 2 N–H and O–H groups in total. The number of nitrogens with one attached hydrogen (secondary N) is 2. The highest BCUT2D eigenvalue weighted by atomic mass is 32.1. The van der Waals surface area contributed by atoms with Gasteiger partial charge in [-0.15, -0.1) is 22.7 Å². The number of guanidine groups is 1. The molecule has 5 nitrogen and oxygen atoms in total. The standard InChI is InChI=1S/C20H25N5S2/c1-3-17-13-23-18(27-17)10-11-22-20(21-4-2)24-12-16-14-26-19(25-16)15-8-6-5-7-9-15/h5-9,13-14H,3-4,10-12H2,1-2H3,(H2,21,22,24). The van der Waals surface area contributed by atoms with Crippen LogP contribution in [-0.4, -0.2) is 29.0 Å². The van der Waals surface area contributed by atoms with Crippen LogP contribution in [0.2, 0.25) is 0 Å². The van der Waals surface area contributed by atoms with Gasteiger partial charge in [0.1, 0.15) is 5.01 Å². The largest absolute Gasteiger partial charge is 0.357 e. The molecular weight excluding hydrogens is 374 g/mol. The summed E-state index contributed by atoms with van der Waals surface area (Å²) in [5.74, 6) is 0.819. The molecule has 3 aromatic rings. The molecule has 0 aliphatic heterocycles. The zero-order chi connectivity index (χ0) is 18.9. The van der Waals surface area contributed by atoms with Crippen molar-refractivity contribution in [3.63, 3.8) is 0 Å². The van der Waals surface area contributed by atoms with Crippen molar-refractivity contribution in [2.75, 3.05) is 13.1 Å². The number of aliphatic imine (C=N–C) groups is 1. The maximum atomic E-state index is 4.70. The Bertz CT molecular complexity index is 854. The second kappa shape index (κ2) is 10.2. The van der Waals surface area contributed by atoms with E-state index in [1.807, 2.05) is 24.4 Å². The second-order valence-electron chi connectivity index (χ2n) is 5.96. The molecule has 0 unspecified atom stereocenters. The van der Waals surface area contributed by atoms with Crippen molar-refractivity contribution in [1.82, 2.24) is 20.6 Å². The molecule has 1 aromatic carbocycles. The van der Waals surface area contributed by atoms with Crippen LogP contribution in [0.25, 0.3) is 10.6 Å². The third kappa shape index (κ3) is 5.87. The number of nitrogens with zero attached hydrogens (tertiary/aromatic N) is 3. The number of rotatable bonds is 8. The number of hydrogen-bond donors (Lipinski definition) is 2. The Morgan fingerprint density at radius 3 is 2.74 bits per heavy atom. The number of aryl methyl sites for hydroxylation is 1. The number of hydrogen-bond acceptors (Lipinski definition) is 5. The van der Waals surface area contributed by atoms with Crippen molar-refractivity contribution in [3.05, 3.63) is 57.5 Å². The molecular formula is C20H25N5S2. The molecule has 2 aromatic heterocycles. The molecule has 0 bridgehead atoms. The summed E-state index contributed by atoms with van der Waals surface area (Å²) in [5, 5.41) is 11.0. The molecule has 0 amide bonds. The van der Waals surface area contributed by atoms with E-state index in [9.17, 15) is 0 Å². The van der Waals surface area contributed by atoms with Gasteiger partial charge in [-0.3, -0.25) is 0 Å². The fraction of sp³-hybridized carbons (Fsp3) is 0.350. The van der Waals surface area contributed by atoms with E-state index in [-0.39, 0.29) is 0 Å². The van der Waals surface area contributed by atoms with Gasteiger partial charge in [0, 0.05) is 41.5 Å². The lowest BCUT2D eigenvalue weighted by molar-refractivity contribution is 0.794. The SMILES string of the molecule is CCNC(=NCc1csc(-c2ccccc2)n1)NCCc1ncc(CC)s1. The smallest absolute Gasteiger partial charge is 0.191 e. The van der Waals surface area contributed by atoms with E-state index < -0.39 is 0 Å². The fourth-order valence-electron chi connectivity index (χ4n) is 2.51. The summed E-state index contributed by atoms with van der Waals surface area (Å²) in [4.78, 5) is 15.2. The zero-order valence-electron chi connectivity index (χ0n) is 15.7. The molecule has 3 rings (SSSR count). The first-order valence-electron chi connectivity index (χ1n) is 9.24. The predicted octanol–water partition coefficient (Wildman–Crippen LogP) is 4.13. The van der Waals surface area contributed by atoms with Crippen molar-refractivity contribution in [1.29, 1.82) is 0 Å². The zero-order valence-corrected chi connectivity index (χ0v) is 17.4. The third-order valence-electron chi connectivity index (χ3n) is 3.90. The lowest BCUT2D eigenvalue weighted by Gasteiger charge is -2.10. The van der Waals surface area contributed by atoms with Gasteiger partial charge in [0.05, 0.1) is 17.2 Å². The molecule has 0 aliphatic rings. The Morgan fingerprint density at radius 2 is 2.00 bits per heavy atom. The Kier molecular flexibility index (Phi) is 7.36. The van der Waals surface area contributed by atoms with E-state index in [4.69, 9.17) is 4.98 Å². The van der Waals surface area contributed by atoms with Crippen LogP contribution < -0.4 is 10.6 Å². The summed E-state index contributed by atoms with van der Waals surface area (Å²) in [5.41, 5.74) is 2.14. The minimum Gasteiger partial charge on any atom is -0.357 e. The Balaban J connectivity index is 1.54. The second-order valence-corrected chi connectivity index (χ2v) is 8.01. The van der Waals surface area contributed by atoms with Gasteiger partial charge in [-0.1, -0.05) is 37.3 Å². The minimum atomic E-state index is 0.565. The number of benzene rings is 1. The van der Waals surface area contributed by atoms with Gasteiger partial charge in [0.25, 0.3) is 0 Å². The highest BCUT2D eigenvalue weighted by molar-refractivity contribution is 7.13. The maximum Gasteiger partial charge on any atom is 0.191 e. The van der Waals surface area contributed by atoms with E-state index in [2.05, 4.69) is 52.0 Å². The van der Waals surface area contributed by atoms with E-state index in [0.717, 1.165) is 48.2 Å². The number of aromatic nitrogens is 2. The van der Waals surface area contributed by atoms with E-state index in [1.54, 1.807) is 22.7 Å². The summed E-state index contributed by atoms with van der Waals surface area (Å²) in [6.07, 6.45) is 3.93. The van der Waals surface area contributed by atoms with Crippen molar-refractivity contribution in [2.45, 2.75) is 33.2 Å². The molecule has 0 aliphatic carbocycles. The lowest BCUT2D eigenvalue weighted by atomic mass is 10.2. The first-order chi connectivity index (χ1) is 13.3. The summed E-state index contributed by atoms with van der Waals surface area (Å²) in [6.45, 7) is 6.44. The van der Waals surface area contributed by atoms with Gasteiger partial charge in [0.15, 0.2) is 5.96 Å². The van der Waals surface area contributed by atoms with E-state index in [0.29, 0.717) is 6.54 Å². The predicted molar refractivity (Wildman–Crippen MR) is 116 cm³/mol. The van der Waals surface area contributed by atoms with Gasteiger partial charge in [-0.25, -0.2) is 15.0 Å². The molecule has 0 radical (unpaired) electrons. The third-order valence-corrected chi connectivity index (χ3v) is 6.04. The van der Waals surface area contributed by atoms with Crippen LogP contribution in [0.15, 0.2) is 46.9 Å². The van der Waals surface area contributed by atoms with Crippen LogP contribution in [0.5, 0.6) is 0 Å². The molecule has 0 atom stereocenters. The number of thiazole rings is 2. The van der Waals surface area contributed by atoms with Crippen LogP contribution >= 0.6 is 22.7 Å². The minimum absolute atomic E-state index is 0.565. The molecule has 0 fully saturated rings. The van der Waals surface area contributed by atoms with Gasteiger partial charge < -0.3 is 10.6 Å². The molecule has 142 valence electrons. The highest BCUT2D eigenvalue weighted by Gasteiger charge is 2.05. The van der Waals surface area contributed by atoms with E-state index >= 15 is 0 Å². The molecule has 0 spiro atoms. The van der Waals surface area contributed by atoms with Crippen molar-refractivity contribution >= 4 is 28.6 Å². The summed E-state index contributed by atoms with van der Waals surface area (Å²) < 4.78 is 0. The first-order valence-corrected chi connectivity index (χ1v) is 10.9. The van der Waals surface area contributed by atoms with Crippen LogP contribution in [0.4, 0.5) is 0 Å². The fourth-order valence-corrected chi connectivity index (χ4v) is 4.19. The normalized spacial score (nSPS) is 11.6. The highest BCUT2D eigenvalue weighted by Crippen LogP contribution is 2.23. The lowest BCUT2D eigenvalue weighted by Crippen LogP contribution is -2.38. The van der Waals surface area contributed by atoms with Crippen LogP contribution in [0, 0.1) is 0 Å². The molecule has 0 saturated carbocycles. The van der Waals surface area contributed by atoms with Gasteiger partial charge in [0.2, 0.25) is 0 Å². The van der Waals surface area contributed by atoms with Gasteiger partial charge >= 0.3 is 0 Å². The summed E-state index contributed by atoms with van der Waals surface area (Å²) in [7, 11) is 0. The monoisotopic (exact) mass is 399 g/mol. The first kappa shape index (κ1) is 19.5. The van der Waals surface area contributed by atoms with E-state index in [1.165, 1.54) is 9.88 Å². The molecule has 27 heavy (non-hydrogen) atoms. The topological polar surface area (TPSA) is 62.2 Å². The van der Waals surface area contributed by atoms with Crippen LogP contribution in [0.1, 0.15) is 29.4 Å². The summed E-state index contributed by atoms with van der Waals surface area (Å²) >= 11 is 3.45. The van der Waals surface area contributed by atoms with Gasteiger partial charge in [-0.05, 0) is 13.3 Å². The van der Waals surface area contributed by atoms with Crippen molar-refractivity contribution in [3.8, 4) is 10.6 Å².